The number of hydrogen-bond acceptors (Lipinski definition) is 4. The second kappa shape index (κ2) is 10.2. The topological polar surface area (TPSA) is 51.5 Å². The molecule has 0 amide bonds. The fourth-order valence-corrected chi connectivity index (χ4v) is 3.85. The SMILES string of the molecule is C[Si](C)(C)O[C@H](C#N)c1cc(OCc2ccccc2)c(OCc2ccccc2)cc1F. The maximum atomic E-state index is 15.0. The van der Waals surface area contributed by atoms with Crippen LogP contribution < -0.4 is 9.47 Å². The third-order valence-electron chi connectivity index (χ3n) is 4.41. The summed E-state index contributed by atoms with van der Waals surface area (Å²) < 4.78 is 32.7. The van der Waals surface area contributed by atoms with Gasteiger partial charge in [-0.25, -0.2) is 4.39 Å². The minimum atomic E-state index is -2.07. The fourth-order valence-electron chi connectivity index (χ4n) is 2.96. The van der Waals surface area contributed by atoms with Gasteiger partial charge in [0.05, 0.1) is 6.07 Å². The summed E-state index contributed by atoms with van der Waals surface area (Å²) in [5, 5.41) is 9.60. The van der Waals surface area contributed by atoms with Crippen molar-refractivity contribution in [2.75, 3.05) is 0 Å². The summed E-state index contributed by atoms with van der Waals surface area (Å²) in [5.41, 5.74) is 2.08. The van der Waals surface area contributed by atoms with Crippen LogP contribution in [0.4, 0.5) is 4.39 Å². The summed E-state index contributed by atoms with van der Waals surface area (Å²) in [6.07, 6.45) is -1.01. The van der Waals surface area contributed by atoms with Gasteiger partial charge in [0.1, 0.15) is 19.0 Å². The first-order valence-corrected chi connectivity index (χ1v) is 13.5. The second-order valence-electron chi connectivity index (χ2n) is 8.11. The van der Waals surface area contributed by atoms with Gasteiger partial charge < -0.3 is 13.9 Å². The van der Waals surface area contributed by atoms with Gasteiger partial charge in [-0.15, -0.1) is 0 Å². The zero-order valence-electron chi connectivity index (χ0n) is 18.0. The molecule has 160 valence electrons. The van der Waals surface area contributed by atoms with Gasteiger partial charge in [-0.2, -0.15) is 5.26 Å². The average molecular weight is 436 g/mol. The monoisotopic (exact) mass is 435 g/mol. The normalized spacial score (nSPS) is 12.1. The largest absolute Gasteiger partial charge is 0.485 e. The van der Waals surface area contributed by atoms with Gasteiger partial charge >= 0.3 is 0 Å². The zero-order chi connectivity index (χ0) is 22.3. The lowest BCUT2D eigenvalue weighted by Crippen LogP contribution is -2.27. The molecule has 0 bridgehead atoms. The molecule has 0 saturated carbocycles. The van der Waals surface area contributed by atoms with Crippen molar-refractivity contribution >= 4 is 8.32 Å². The first-order chi connectivity index (χ1) is 14.9. The molecular weight excluding hydrogens is 409 g/mol. The zero-order valence-corrected chi connectivity index (χ0v) is 19.0. The Kier molecular flexibility index (Phi) is 7.45. The van der Waals surface area contributed by atoms with Crippen LogP contribution in [-0.2, 0) is 17.6 Å². The Bertz CT molecular complexity index is 1030. The highest BCUT2D eigenvalue weighted by molar-refractivity contribution is 6.69. The predicted octanol–water partition coefficient (Wildman–Crippen LogP) is 6.40. The van der Waals surface area contributed by atoms with Crippen LogP contribution in [0.2, 0.25) is 19.6 Å². The van der Waals surface area contributed by atoms with Crippen molar-refractivity contribution in [3.63, 3.8) is 0 Å². The highest BCUT2D eigenvalue weighted by Crippen LogP contribution is 2.36. The summed E-state index contributed by atoms with van der Waals surface area (Å²) in [4.78, 5) is 0. The molecule has 4 nitrogen and oxygen atoms in total. The first-order valence-electron chi connectivity index (χ1n) is 10.1. The summed E-state index contributed by atoms with van der Waals surface area (Å²) in [5.74, 6) is 0.0984. The Morgan fingerprint density at radius 1 is 0.839 bits per heavy atom. The predicted molar refractivity (Wildman–Crippen MR) is 121 cm³/mol. The van der Waals surface area contributed by atoms with Crippen molar-refractivity contribution in [2.24, 2.45) is 0 Å². The van der Waals surface area contributed by atoms with Gasteiger partial charge in [0.15, 0.2) is 25.9 Å². The van der Waals surface area contributed by atoms with E-state index in [2.05, 4.69) is 6.07 Å². The van der Waals surface area contributed by atoms with Gasteiger partial charge in [-0.3, -0.25) is 0 Å². The highest BCUT2D eigenvalue weighted by atomic mass is 28.4. The van der Waals surface area contributed by atoms with E-state index >= 15 is 0 Å². The summed E-state index contributed by atoms with van der Waals surface area (Å²) >= 11 is 0. The Morgan fingerprint density at radius 2 is 1.32 bits per heavy atom. The second-order valence-corrected chi connectivity index (χ2v) is 12.6. The van der Waals surface area contributed by atoms with Gasteiger partial charge in [0.25, 0.3) is 0 Å². The number of nitriles is 1. The molecule has 0 saturated heterocycles. The molecule has 0 radical (unpaired) electrons. The molecule has 0 fully saturated rings. The summed E-state index contributed by atoms with van der Waals surface area (Å²) in [7, 11) is -2.07. The minimum absolute atomic E-state index is 0.153. The number of benzene rings is 3. The van der Waals surface area contributed by atoms with Gasteiger partial charge in [0.2, 0.25) is 0 Å². The number of nitrogens with zero attached hydrogens (tertiary/aromatic N) is 1. The van der Waals surface area contributed by atoms with Gasteiger partial charge in [-0.1, -0.05) is 60.7 Å². The fraction of sp³-hybridized carbons (Fsp3) is 0.240. The summed E-state index contributed by atoms with van der Waals surface area (Å²) in [6, 6.07) is 24.2. The van der Waals surface area contributed by atoms with Crippen molar-refractivity contribution in [1.29, 1.82) is 5.26 Å². The van der Waals surface area contributed by atoms with Crippen LogP contribution in [0.3, 0.4) is 0 Å². The van der Waals surface area contributed by atoms with Crippen LogP contribution in [0, 0.1) is 17.1 Å². The van der Waals surface area contributed by atoms with Crippen molar-refractivity contribution < 1.29 is 18.3 Å². The lowest BCUT2D eigenvalue weighted by atomic mass is 10.1. The Hall–Kier alpha value is -3.14. The van der Waals surface area contributed by atoms with Gasteiger partial charge in [-0.05, 0) is 36.8 Å². The van der Waals surface area contributed by atoms with Crippen LogP contribution in [0.1, 0.15) is 22.8 Å². The van der Waals surface area contributed by atoms with E-state index in [1.165, 1.54) is 12.1 Å². The molecular formula is C25H26FNO3Si. The number of ether oxygens (including phenoxy) is 2. The van der Waals surface area contributed by atoms with Gasteiger partial charge in [0, 0.05) is 11.6 Å². The minimum Gasteiger partial charge on any atom is -0.485 e. The van der Waals surface area contributed by atoms with E-state index in [1.54, 1.807) is 0 Å². The van der Waals surface area contributed by atoms with Crippen molar-refractivity contribution in [2.45, 2.75) is 39.0 Å². The van der Waals surface area contributed by atoms with Crippen LogP contribution >= 0.6 is 0 Å². The van der Waals surface area contributed by atoms with Crippen molar-refractivity contribution in [3.8, 4) is 17.6 Å². The van der Waals surface area contributed by atoms with E-state index in [9.17, 15) is 9.65 Å². The molecule has 0 N–H and O–H groups in total. The van der Waals surface area contributed by atoms with Crippen molar-refractivity contribution in [3.05, 3.63) is 95.3 Å². The standard InChI is InChI=1S/C25H26FNO3Si/c1-31(2,3)30-25(16-27)21-14-23(28-17-19-10-6-4-7-11-19)24(15-22(21)26)29-18-20-12-8-5-9-13-20/h4-15,25H,17-18H2,1-3H3/t25-/m1/s1. The van der Waals surface area contributed by atoms with Crippen LogP contribution in [0.25, 0.3) is 0 Å². The molecule has 0 spiro atoms. The molecule has 0 heterocycles. The molecule has 31 heavy (non-hydrogen) atoms. The van der Waals surface area contributed by atoms with E-state index in [0.29, 0.717) is 12.4 Å². The van der Waals surface area contributed by atoms with Crippen LogP contribution in [0.5, 0.6) is 11.5 Å². The maximum absolute atomic E-state index is 15.0. The number of hydrogen-bond donors (Lipinski definition) is 0. The van der Waals surface area contributed by atoms with Crippen molar-refractivity contribution in [1.82, 2.24) is 0 Å². The van der Waals surface area contributed by atoms with E-state index in [1.807, 2.05) is 80.3 Å². The molecule has 0 unspecified atom stereocenters. The highest BCUT2D eigenvalue weighted by Gasteiger charge is 2.26. The molecule has 1 atom stereocenters. The van der Waals surface area contributed by atoms with E-state index < -0.39 is 20.2 Å². The lowest BCUT2D eigenvalue weighted by Gasteiger charge is -2.23. The molecule has 0 aliphatic carbocycles. The quantitative estimate of drug-likeness (QED) is 0.365. The Labute approximate surface area is 184 Å². The average Bonchev–Trinajstić information content (AvgIpc) is 2.76. The number of halogens is 1. The van der Waals surface area contributed by atoms with E-state index in [-0.39, 0.29) is 17.9 Å². The summed E-state index contributed by atoms with van der Waals surface area (Å²) in [6.45, 7) is 6.44. The molecule has 3 aromatic carbocycles. The van der Waals surface area contributed by atoms with Crippen LogP contribution in [-0.4, -0.2) is 8.32 Å². The smallest absolute Gasteiger partial charge is 0.186 e. The molecule has 0 aliphatic rings. The van der Waals surface area contributed by atoms with E-state index in [0.717, 1.165) is 11.1 Å². The Morgan fingerprint density at radius 3 is 1.77 bits per heavy atom. The van der Waals surface area contributed by atoms with E-state index in [4.69, 9.17) is 13.9 Å². The lowest BCUT2D eigenvalue weighted by molar-refractivity contribution is 0.238. The molecule has 6 heteroatoms. The number of rotatable bonds is 9. The first kappa shape index (κ1) is 22.5. The third kappa shape index (κ3) is 6.68. The Balaban J connectivity index is 1.90. The molecule has 0 aromatic heterocycles. The third-order valence-corrected chi connectivity index (χ3v) is 5.35. The molecule has 3 aromatic rings. The molecule has 3 rings (SSSR count). The van der Waals surface area contributed by atoms with Crippen LogP contribution in [0.15, 0.2) is 72.8 Å². The maximum Gasteiger partial charge on any atom is 0.186 e. The molecule has 0 aliphatic heterocycles.